The minimum atomic E-state index is -0.290. The molecule has 0 saturated heterocycles. The molecule has 2 aliphatic rings. The van der Waals surface area contributed by atoms with Gasteiger partial charge in [-0.15, -0.1) is 0 Å². The number of Topliss-reactive ketones (excluding diaryl/α,β-unsaturated/α-hetero) is 1. The Morgan fingerprint density at radius 1 is 1.24 bits per heavy atom. The highest BCUT2D eigenvalue weighted by Gasteiger charge is 2.33. The number of anilines is 2. The smallest absolute Gasteiger partial charge is 0.219 e. The molecular weight excluding hydrogens is 270 g/mol. The predicted octanol–water partition coefficient (Wildman–Crippen LogP) is 2.05. The highest BCUT2D eigenvalue weighted by molar-refractivity contribution is 6.00. The third-order valence-corrected chi connectivity index (χ3v) is 3.80. The van der Waals surface area contributed by atoms with Crippen LogP contribution in [0.1, 0.15) is 30.9 Å². The van der Waals surface area contributed by atoms with Crippen LogP contribution in [-0.4, -0.2) is 21.1 Å². The third kappa shape index (κ3) is 1.97. The fourth-order valence-corrected chi connectivity index (χ4v) is 2.84. The van der Waals surface area contributed by atoms with Crippen LogP contribution in [0.2, 0.25) is 0 Å². The molecule has 2 aromatic heterocycles. The Bertz CT molecular complexity index is 722. The maximum absolute atomic E-state index is 12.4. The number of aromatic nitrogens is 3. The zero-order chi connectivity index (χ0) is 14.2. The van der Waals surface area contributed by atoms with Crippen molar-refractivity contribution in [2.75, 3.05) is 10.6 Å². The van der Waals surface area contributed by atoms with Gasteiger partial charge in [-0.2, -0.15) is 0 Å². The Kier molecular flexibility index (Phi) is 2.70. The lowest BCUT2D eigenvalue weighted by atomic mass is 9.87. The van der Waals surface area contributed by atoms with E-state index in [0.29, 0.717) is 18.1 Å². The lowest BCUT2D eigenvalue weighted by Gasteiger charge is -2.24. The highest BCUT2D eigenvalue weighted by atomic mass is 16.6. The average molecular weight is 283 g/mol. The van der Waals surface area contributed by atoms with Gasteiger partial charge < -0.3 is 10.6 Å². The first-order valence-electron chi connectivity index (χ1n) is 6.85. The molecule has 2 N–H and O–H groups in total. The summed E-state index contributed by atoms with van der Waals surface area (Å²) in [6.07, 6.45) is 5.67. The van der Waals surface area contributed by atoms with Crippen LogP contribution in [0.15, 0.2) is 40.4 Å². The molecule has 21 heavy (non-hydrogen) atoms. The van der Waals surface area contributed by atoms with Crippen molar-refractivity contribution in [1.29, 1.82) is 0 Å². The quantitative estimate of drug-likeness (QED) is 0.827. The van der Waals surface area contributed by atoms with E-state index < -0.39 is 0 Å². The molecule has 0 fully saturated rings. The van der Waals surface area contributed by atoms with Crippen LogP contribution in [0, 0.1) is 0 Å². The summed E-state index contributed by atoms with van der Waals surface area (Å²) in [6, 6.07) is 3.50. The van der Waals surface area contributed by atoms with Crippen LogP contribution in [0.25, 0.3) is 0 Å². The Morgan fingerprint density at radius 2 is 2.14 bits per heavy atom. The fourth-order valence-electron chi connectivity index (χ4n) is 2.84. The average Bonchev–Trinajstić information content (AvgIpc) is 2.87. The number of carbonyl (C=O) groups excluding carboxylic acids is 1. The Hall–Kier alpha value is -2.70. The minimum Gasteiger partial charge on any atom is -0.353 e. The fraction of sp³-hybridized carbons (Fsp3) is 0.286. The lowest BCUT2D eigenvalue weighted by Crippen LogP contribution is -2.23. The number of nitrogens with one attached hydrogen (secondary N) is 2. The van der Waals surface area contributed by atoms with Crippen molar-refractivity contribution in [2.45, 2.75) is 25.3 Å². The molecule has 106 valence electrons. The molecule has 0 radical (unpaired) electrons. The molecule has 4 rings (SSSR count). The van der Waals surface area contributed by atoms with Gasteiger partial charge in [-0.3, -0.25) is 9.78 Å². The molecular formula is C14H13N5O2. The topological polar surface area (TPSA) is 92.9 Å². The summed E-state index contributed by atoms with van der Waals surface area (Å²) in [5, 5.41) is 14.1. The number of ketones is 1. The maximum atomic E-state index is 12.4. The second kappa shape index (κ2) is 4.69. The van der Waals surface area contributed by atoms with Gasteiger partial charge in [0.25, 0.3) is 0 Å². The molecule has 1 atom stereocenters. The molecule has 0 bridgehead atoms. The number of fused-ring (bicyclic) bond motifs is 1. The SMILES string of the molecule is O=C1CCCC2=C1[C@H](c1cccnc1)Nc1nonc1N2. The van der Waals surface area contributed by atoms with E-state index in [9.17, 15) is 4.79 Å². The van der Waals surface area contributed by atoms with Gasteiger partial charge in [0, 0.05) is 30.1 Å². The number of allylic oxidation sites excluding steroid dienone is 1. The lowest BCUT2D eigenvalue weighted by molar-refractivity contribution is -0.116. The van der Waals surface area contributed by atoms with Gasteiger partial charge in [-0.05, 0) is 34.8 Å². The van der Waals surface area contributed by atoms with Crippen molar-refractivity contribution in [1.82, 2.24) is 15.3 Å². The van der Waals surface area contributed by atoms with Crippen molar-refractivity contribution in [3.63, 3.8) is 0 Å². The number of rotatable bonds is 1. The van der Waals surface area contributed by atoms with Crippen molar-refractivity contribution in [2.24, 2.45) is 0 Å². The number of carbonyl (C=O) groups is 1. The van der Waals surface area contributed by atoms with Gasteiger partial charge in [0.05, 0.1) is 6.04 Å². The first kappa shape index (κ1) is 12.1. The largest absolute Gasteiger partial charge is 0.353 e. The van der Waals surface area contributed by atoms with E-state index >= 15 is 0 Å². The Labute approximate surface area is 120 Å². The van der Waals surface area contributed by atoms with E-state index in [0.717, 1.165) is 29.7 Å². The van der Waals surface area contributed by atoms with E-state index in [1.54, 1.807) is 12.4 Å². The molecule has 7 nitrogen and oxygen atoms in total. The second-order valence-corrected chi connectivity index (χ2v) is 5.12. The molecule has 1 aliphatic carbocycles. The van der Waals surface area contributed by atoms with E-state index in [-0.39, 0.29) is 11.8 Å². The van der Waals surface area contributed by atoms with Crippen molar-refractivity contribution in [3.8, 4) is 0 Å². The van der Waals surface area contributed by atoms with Crippen LogP contribution in [0.5, 0.6) is 0 Å². The number of pyridine rings is 1. The van der Waals surface area contributed by atoms with E-state index in [1.165, 1.54) is 0 Å². The van der Waals surface area contributed by atoms with Crippen molar-refractivity contribution >= 4 is 17.4 Å². The third-order valence-electron chi connectivity index (χ3n) is 3.80. The predicted molar refractivity (Wildman–Crippen MR) is 74.4 cm³/mol. The van der Waals surface area contributed by atoms with Gasteiger partial charge in [0.15, 0.2) is 5.78 Å². The van der Waals surface area contributed by atoms with Gasteiger partial charge in [-0.1, -0.05) is 6.07 Å². The standard InChI is InChI=1S/C14H13N5O2/c20-10-5-1-4-9-11(10)12(8-3-2-6-15-7-8)17-14-13(16-9)18-21-19-14/h2-3,6-7,12H,1,4-5H2,(H,16,18)(H,17,19)/t12-/m0/s1. The summed E-state index contributed by atoms with van der Waals surface area (Å²) in [5.41, 5.74) is 2.55. The van der Waals surface area contributed by atoms with Gasteiger partial charge in [0.2, 0.25) is 11.6 Å². The van der Waals surface area contributed by atoms with Crippen LogP contribution >= 0.6 is 0 Å². The first-order chi connectivity index (χ1) is 10.3. The van der Waals surface area contributed by atoms with Crippen LogP contribution < -0.4 is 10.6 Å². The van der Waals surface area contributed by atoms with E-state index in [4.69, 9.17) is 4.63 Å². The summed E-state index contributed by atoms with van der Waals surface area (Å²) >= 11 is 0. The molecule has 7 heteroatoms. The number of hydrogen-bond donors (Lipinski definition) is 2. The molecule has 2 aromatic rings. The van der Waals surface area contributed by atoms with Crippen LogP contribution in [0.4, 0.5) is 11.6 Å². The van der Waals surface area contributed by atoms with Crippen LogP contribution in [0.3, 0.4) is 0 Å². The summed E-state index contributed by atoms with van der Waals surface area (Å²) in [5.74, 6) is 1.17. The molecule has 1 aliphatic heterocycles. The first-order valence-corrected chi connectivity index (χ1v) is 6.85. The molecule has 0 spiro atoms. The van der Waals surface area contributed by atoms with Gasteiger partial charge >= 0.3 is 0 Å². The van der Waals surface area contributed by atoms with Gasteiger partial charge in [0.1, 0.15) is 0 Å². The highest BCUT2D eigenvalue weighted by Crippen LogP contribution is 2.38. The number of nitrogens with zero attached hydrogens (tertiary/aromatic N) is 3. The monoisotopic (exact) mass is 283 g/mol. The second-order valence-electron chi connectivity index (χ2n) is 5.12. The molecule has 0 amide bonds. The molecule has 0 saturated carbocycles. The molecule has 0 unspecified atom stereocenters. The van der Waals surface area contributed by atoms with E-state index in [1.807, 2.05) is 12.1 Å². The van der Waals surface area contributed by atoms with Crippen LogP contribution in [-0.2, 0) is 4.79 Å². The normalized spacial score (nSPS) is 21.0. The Morgan fingerprint density at radius 3 is 3.00 bits per heavy atom. The van der Waals surface area contributed by atoms with Crippen molar-refractivity contribution in [3.05, 3.63) is 41.4 Å². The van der Waals surface area contributed by atoms with Crippen molar-refractivity contribution < 1.29 is 9.42 Å². The molecule has 0 aromatic carbocycles. The molecule has 3 heterocycles. The minimum absolute atomic E-state index is 0.146. The van der Waals surface area contributed by atoms with Gasteiger partial charge in [-0.25, -0.2) is 4.63 Å². The zero-order valence-electron chi connectivity index (χ0n) is 11.2. The summed E-state index contributed by atoms with van der Waals surface area (Å²) in [7, 11) is 0. The Balaban J connectivity index is 1.87. The summed E-state index contributed by atoms with van der Waals surface area (Å²) in [6.45, 7) is 0. The number of hydrogen-bond acceptors (Lipinski definition) is 7. The summed E-state index contributed by atoms with van der Waals surface area (Å²) in [4.78, 5) is 16.6. The summed E-state index contributed by atoms with van der Waals surface area (Å²) < 4.78 is 4.77. The van der Waals surface area contributed by atoms with E-state index in [2.05, 4.69) is 25.9 Å². The zero-order valence-corrected chi connectivity index (χ0v) is 11.2. The maximum Gasteiger partial charge on any atom is 0.219 e.